The second-order valence-corrected chi connectivity index (χ2v) is 9.22. The van der Waals surface area contributed by atoms with Crippen molar-refractivity contribution < 1.29 is 14.2 Å². The first-order valence-corrected chi connectivity index (χ1v) is 11.5. The van der Waals surface area contributed by atoms with E-state index in [0.29, 0.717) is 22.5 Å². The lowest BCUT2D eigenvalue weighted by Crippen LogP contribution is -2.29. The van der Waals surface area contributed by atoms with Gasteiger partial charge < -0.3 is 20.1 Å². The highest BCUT2D eigenvalue weighted by molar-refractivity contribution is 5.75. The minimum atomic E-state index is -0.344. The van der Waals surface area contributed by atoms with Crippen molar-refractivity contribution >= 4 is 5.82 Å². The molecule has 6 nitrogen and oxygen atoms in total. The van der Waals surface area contributed by atoms with Gasteiger partial charge >= 0.3 is 0 Å². The maximum Gasteiger partial charge on any atom is 0.188 e. The zero-order chi connectivity index (χ0) is 22.8. The standard InChI is InChI=1S/C26H29FN4O2/c1-18(14-32)20-4-2-3-5-21(20)22-12-19(27)6-7-23(22)33-24-13-29-17-30-25(24)31-11-9-26(16-31)8-10-28-15-26/h2-7,12-13,17-18,28,32H,8-11,14-16H2,1H3. The fraction of sp³-hybridized carbons (Fsp3) is 0.385. The van der Waals surface area contributed by atoms with Crippen LogP contribution in [0.3, 0.4) is 0 Å². The van der Waals surface area contributed by atoms with E-state index in [2.05, 4.69) is 20.2 Å². The van der Waals surface area contributed by atoms with E-state index in [1.165, 1.54) is 18.6 Å². The number of ether oxygens (including phenoxy) is 1. The molecule has 5 rings (SSSR count). The van der Waals surface area contributed by atoms with Crippen LogP contribution in [-0.2, 0) is 0 Å². The third kappa shape index (κ3) is 4.30. The van der Waals surface area contributed by atoms with Crippen LogP contribution < -0.4 is 15.0 Å². The normalized spacial score (nSPS) is 21.0. The highest BCUT2D eigenvalue weighted by Crippen LogP contribution is 2.43. The van der Waals surface area contributed by atoms with Crippen LogP contribution >= 0.6 is 0 Å². The molecule has 2 aliphatic rings. The lowest BCUT2D eigenvalue weighted by atomic mass is 9.87. The van der Waals surface area contributed by atoms with Crippen LogP contribution in [0.15, 0.2) is 55.0 Å². The summed E-state index contributed by atoms with van der Waals surface area (Å²) in [4.78, 5) is 11.0. The van der Waals surface area contributed by atoms with E-state index < -0.39 is 0 Å². The number of aliphatic hydroxyl groups is 1. The van der Waals surface area contributed by atoms with Crippen molar-refractivity contribution in [1.29, 1.82) is 0 Å². The fourth-order valence-corrected chi connectivity index (χ4v) is 5.07. The fourth-order valence-electron chi connectivity index (χ4n) is 5.07. The molecular weight excluding hydrogens is 419 g/mol. The first kappa shape index (κ1) is 21.8. The minimum absolute atomic E-state index is 0.00472. The van der Waals surface area contributed by atoms with Crippen molar-refractivity contribution in [3.8, 4) is 22.6 Å². The summed E-state index contributed by atoms with van der Waals surface area (Å²) in [6.45, 7) is 5.90. The van der Waals surface area contributed by atoms with Gasteiger partial charge in [-0.25, -0.2) is 14.4 Å². The molecule has 2 unspecified atom stereocenters. The predicted molar refractivity (Wildman–Crippen MR) is 126 cm³/mol. The summed E-state index contributed by atoms with van der Waals surface area (Å²) in [5.74, 6) is 1.42. The van der Waals surface area contributed by atoms with Gasteiger partial charge in [-0.15, -0.1) is 0 Å². The number of nitrogens with zero attached hydrogens (tertiary/aromatic N) is 3. The van der Waals surface area contributed by atoms with Crippen molar-refractivity contribution in [2.45, 2.75) is 25.7 Å². The Hall–Kier alpha value is -3.03. The predicted octanol–water partition coefficient (Wildman–Crippen LogP) is 4.36. The van der Waals surface area contributed by atoms with Crippen LogP contribution in [0.2, 0.25) is 0 Å². The van der Waals surface area contributed by atoms with Crippen molar-refractivity contribution in [2.24, 2.45) is 5.41 Å². The second-order valence-electron chi connectivity index (χ2n) is 9.22. The first-order chi connectivity index (χ1) is 16.1. The number of aliphatic hydroxyl groups excluding tert-OH is 1. The molecule has 0 amide bonds. The maximum absolute atomic E-state index is 14.3. The monoisotopic (exact) mass is 448 g/mol. The Bertz CT molecular complexity index is 1130. The van der Waals surface area contributed by atoms with Crippen LogP contribution in [0.4, 0.5) is 10.2 Å². The molecule has 1 spiro atoms. The summed E-state index contributed by atoms with van der Waals surface area (Å²) >= 11 is 0. The number of hydrogen-bond acceptors (Lipinski definition) is 6. The molecule has 3 aromatic rings. The average Bonchev–Trinajstić information content (AvgIpc) is 3.49. The molecule has 3 heterocycles. The van der Waals surface area contributed by atoms with E-state index in [-0.39, 0.29) is 18.3 Å². The number of nitrogens with one attached hydrogen (secondary N) is 1. The molecule has 0 radical (unpaired) electrons. The Morgan fingerprint density at radius 3 is 2.88 bits per heavy atom. The second kappa shape index (κ2) is 9.08. The van der Waals surface area contributed by atoms with E-state index in [1.54, 1.807) is 18.6 Å². The lowest BCUT2D eigenvalue weighted by Gasteiger charge is -2.24. The van der Waals surface area contributed by atoms with Gasteiger partial charge in [-0.1, -0.05) is 31.2 Å². The molecule has 2 fully saturated rings. The van der Waals surface area contributed by atoms with Gasteiger partial charge in [0.15, 0.2) is 11.6 Å². The smallest absolute Gasteiger partial charge is 0.188 e. The number of halogens is 1. The van der Waals surface area contributed by atoms with Crippen LogP contribution in [0.5, 0.6) is 11.5 Å². The Balaban J connectivity index is 1.50. The van der Waals surface area contributed by atoms with Crippen molar-refractivity contribution in [2.75, 3.05) is 37.7 Å². The Morgan fingerprint density at radius 2 is 2.06 bits per heavy atom. The van der Waals surface area contributed by atoms with Crippen molar-refractivity contribution in [3.05, 3.63) is 66.4 Å². The van der Waals surface area contributed by atoms with Gasteiger partial charge in [0, 0.05) is 43.1 Å². The molecule has 33 heavy (non-hydrogen) atoms. The lowest BCUT2D eigenvalue weighted by molar-refractivity contribution is 0.273. The third-order valence-corrected chi connectivity index (χ3v) is 6.95. The summed E-state index contributed by atoms with van der Waals surface area (Å²) < 4.78 is 20.7. The number of anilines is 1. The molecule has 2 N–H and O–H groups in total. The van der Waals surface area contributed by atoms with Crippen LogP contribution in [0.25, 0.3) is 11.1 Å². The molecule has 2 aliphatic heterocycles. The Morgan fingerprint density at radius 1 is 1.18 bits per heavy atom. The van der Waals surface area contributed by atoms with E-state index >= 15 is 0 Å². The van der Waals surface area contributed by atoms with Gasteiger partial charge in [0.1, 0.15) is 17.9 Å². The summed E-state index contributed by atoms with van der Waals surface area (Å²) in [5.41, 5.74) is 2.71. The molecule has 0 aliphatic carbocycles. The van der Waals surface area contributed by atoms with Crippen LogP contribution in [0.1, 0.15) is 31.2 Å². The molecule has 0 saturated carbocycles. The molecule has 2 aromatic carbocycles. The topological polar surface area (TPSA) is 70.5 Å². The molecule has 1 aromatic heterocycles. The van der Waals surface area contributed by atoms with Gasteiger partial charge in [0.2, 0.25) is 0 Å². The molecule has 172 valence electrons. The zero-order valence-electron chi connectivity index (χ0n) is 18.8. The minimum Gasteiger partial charge on any atom is -0.451 e. The zero-order valence-corrected chi connectivity index (χ0v) is 18.8. The van der Waals surface area contributed by atoms with Gasteiger partial charge in [-0.3, -0.25) is 0 Å². The van der Waals surface area contributed by atoms with E-state index in [4.69, 9.17) is 4.74 Å². The first-order valence-electron chi connectivity index (χ1n) is 11.5. The van der Waals surface area contributed by atoms with Gasteiger partial charge in [0.05, 0.1) is 6.20 Å². The van der Waals surface area contributed by atoms with Gasteiger partial charge in [0.25, 0.3) is 0 Å². The largest absolute Gasteiger partial charge is 0.451 e. The molecule has 0 bridgehead atoms. The quantitative estimate of drug-likeness (QED) is 0.584. The Kier molecular flexibility index (Phi) is 6.00. The van der Waals surface area contributed by atoms with Crippen molar-refractivity contribution in [1.82, 2.24) is 15.3 Å². The van der Waals surface area contributed by atoms with Crippen molar-refractivity contribution in [3.63, 3.8) is 0 Å². The number of aromatic nitrogens is 2. The molecule has 7 heteroatoms. The number of benzene rings is 2. The van der Waals surface area contributed by atoms with Gasteiger partial charge in [-0.05, 0) is 48.7 Å². The summed E-state index contributed by atoms with van der Waals surface area (Å²) in [6, 6.07) is 12.3. The third-order valence-electron chi connectivity index (χ3n) is 6.95. The number of rotatable bonds is 6. The highest BCUT2D eigenvalue weighted by atomic mass is 19.1. The maximum atomic E-state index is 14.3. The van der Waals surface area contributed by atoms with E-state index in [9.17, 15) is 9.50 Å². The molecule has 2 saturated heterocycles. The molecular formula is C26H29FN4O2. The van der Waals surface area contributed by atoms with Gasteiger partial charge in [-0.2, -0.15) is 0 Å². The van der Waals surface area contributed by atoms with Crippen LogP contribution in [-0.4, -0.2) is 47.9 Å². The van der Waals surface area contributed by atoms with E-state index in [0.717, 1.165) is 49.5 Å². The molecule has 2 atom stereocenters. The average molecular weight is 449 g/mol. The summed E-state index contributed by atoms with van der Waals surface area (Å²) in [7, 11) is 0. The highest BCUT2D eigenvalue weighted by Gasteiger charge is 2.41. The SMILES string of the molecule is CC(CO)c1ccccc1-c1cc(F)ccc1Oc1cncnc1N1CCC2(CCNC2)C1. The van der Waals surface area contributed by atoms with E-state index in [1.807, 2.05) is 31.2 Å². The van der Waals surface area contributed by atoms with Crippen LogP contribution in [0, 0.1) is 11.2 Å². The number of hydrogen-bond donors (Lipinski definition) is 2. The Labute approximate surface area is 193 Å². The summed E-state index contributed by atoms with van der Waals surface area (Å²) in [5, 5.41) is 13.2. The summed E-state index contributed by atoms with van der Waals surface area (Å²) in [6.07, 6.45) is 5.52.